The molecule has 2 saturated heterocycles. The van der Waals surface area contributed by atoms with Gasteiger partial charge in [0.25, 0.3) is 0 Å². The zero-order valence-electron chi connectivity index (χ0n) is 18.5. The van der Waals surface area contributed by atoms with Crippen LogP contribution in [0, 0.1) is 6.92 Å². The lowest BCUT2D eigenvalue weighted by molar-refractivity contribution is -0.143. The van der Waals surface area contributed by atoms with Crippen molar-refractivity contribution in [3.8, 4) is 0 Å². The number of likely N-dealkylation sites (tertiary alicyclic amines) is 1. The zero-order valence-corrected chi connectivity index (χ0v) is 18.5. The quantitative estimate of drug-likeness (QED) is 0.678. The van der Waals surface area contributed by atoms with Crippen LogP contribution in [0.25, 0.3) is 0 Å². The molecule has 3 fully saturated rings. The van der Waals surface area contributed by atoms with E-state index in [2.05, 4.69) is 5.32 Å². The van der Waals surface area contributed by atoms with Crippen molar-refractivity contribution in [2.24, 2.45) is 0 Å². The summed E-state index contributed by atoms with van der Waals surface area (Å²) in [5.74, 6) is -0.560. The van der Waals surface area contributed by atoms with Gasteiger partial charge in [-0.25, -0.2) is 0 Å². The second kappa shape index (κ2) is 8.09. The first-order valence-electron chi connectivity index (χ1n) is 11.2. The molecule has 0 radical (unpaired) electrons. The lowest BCUT2D eigenvalue weighted by atomic mass is 9.73. The molecule has 166 valence electrons. The second-order valence-electron chi connectivity index (χ2n) is 9.49. The van der Waals surface area contributed by atoms with Crippen LogP contribution in [0.1, 0.15) is 63.5 Å². The van der Waals surface area contributed by atoms with Crippen molar-refractivity contribution in [1.29, 1.82) is 0 Å². The summed E-state index contributed by atoms with van der Waals surface area (Å²) in [6, 6.07) is 7.39. The van der Waals surface area contributed by atoms with Gasteiger partial charge in [0.05, 0.1) is 5.41 Å². The fraction of sp³-hybridized carbons (Fsp3) is 0.583. The van der Waals surface area contributed by atoms with Gasteiger partial charge in [-0.2, -0.15) is 0 Å². The average molecular weight is 426 g/mol. The van der Waals surface area contributed by atoms with Crippen molar-refractivity contribution in [2.75, 3.05) is 6.54 Å². The standard InChI is InChI=1S/C24H31N3O4/c1-15(2)26(14-17-8-11-20(28)25-17)21(29)12-24(19-7-5-4-6-16(19)3)13-22(30)27(23(24)31)18-9-10-18/h4-7,15,17-18H,8-14H2,1-3H3,(H,25,28)/t17-,24-/m0/s1. The first kappa shape index (κ1) is 21.5. The van der Waals surface area contributed by atoms with Crippen LogP contribution < -0.4 is 5.32 Å². The molecule has 4 rings (SSSR count). The molecular formula is C24H31N3O4. The van der Waals surface area contributed by atoms with Gasteiger partial charge in [-0.15, -0.1) is 0 Å². The summed E-state index contributed by atoms with van der Waals surface area (Å²) in [5, 5.41) is 2.92. The van der Waals surface area contributed by atoms with Gasteiger partial charge in [-0.05, 0) is 51.2 Å². The molecule has 0 spiro atoms. The van der Waals surface area contributed by atoms with E-state index in [0.29, 0.717) is 19.4 Å². The highest BCUT2D eigenvalue weighted by Gasteiger charge is 2.57. The minimum atomic E-state index is -1.16. The van der Waals surface area contributed by atoms with Gasteiger partial charge in [0, 0.05) is 43.9 Å². The Bertz CT molecular complexity index is 923. The number of carbonyl (C=O) groups is 4. The van der Waals surface area contributed by atoms with E-state index >= 15 is 0 Å². The third-order valence-electron chi connectivity index (χ3n) is 6.82. The highest BCUT2D eigenvalue weighted by atomic mass is 16.2. The lowest BCUT2D eigenvalue weighted by Gasteiger charge is -2.34. The van der Waals surface area contributed by atoms with Crippen molar-refractivity contribution < 1.29 is 19.2 Å². The normalized spacial score (nSPS) is 26.0. The van der Waals surface area contributed by atoms with E-state index in [1.165, 1.54) is 4.90 Å². The largest absolute Gasteiger partial charge is 0.352 e. The third kappa shape index (κ3) is 3.98. The first-order valence-corrected chi connectivity index (χ1v) is 11.2. The highest BCUT2D eigenvalue weighted by Crippen LogP contribution is 2.45. The number of nitrogens with zero attached hydrogens (tertiary/aromatic N) is 2. The number of benzene rings is 1. The molecule has 1 saturated carbocycles. The van der Waals surface area contributed by atoms with Gasteiger partial charge in [0.1, 0.15) is 0 Å². The summed E-state index contributed by atoms with van der Waals surface area (Å²) < 4.78 is 0. The van der Waals surface area contributed by atoms with Crippen LogP contribution in [0.4, 0.5) is 0 Å². The minimum absolute atomic E-state index is 0.00850. The number of imide groups is 1. The summed E-state index contributed by atoms with van der Waals surface area (Å²) in [5.41, 5.74) is 0.518. The van der Waals surface area contributed by atoms with Crippen molar-refractivity contribution in [1.82, 2.24) is 15.1 Å². The highest BCUT2D eigenvalue weighted by molar-refractivity contribution is 6.11. The number of nitrogens with one attached hydrogen (secondary N) is 1. The van der Waals surface area contributed by atoms with E-state index < -0.39 is 5.41 Å². The van der Waals surface area contributed by atoms with E-state index in [0.717, 1.165) is 24.0 Å². The summed E-state index contributed by atoms with van der Waals surface area (Å²) in [4.78, 5) is 54.9. The predicted octanol–water partition coefficient (Wildman–Crippen LogP) is 2.06. The van der Waals surface area contributed by atoms with Crippen LogP contribution in [-0.4, -0.2) is 58.1 Å². The Morgan fingerprint density at radius 2 is 1.90 bits per heavy atom. The van der Waals surface area contributed by atoms with Gasteiger partial charge >= 0.3 is 0 Å². The van der Waals surface area contributed by atoms with E-state index in [1.54, 1.807) is 4.90 Å². The summed E-state index contributed by atoms with van der Waals surface area (Å²) in [6.45, 7) is 6.22. The Kier molecular flexibility index (Phi) is 5.62. The summed E-state index contributed by atoms with van der Waals surface area (Å²) in [7, 11) is 0. The molecule has 1 aliphatic carbocycles. The predicted molar refractivity (Wildman–Crippen MR) is 115 cm³/mol. The number of hydrogen-bond acceptors (Lipinski definition) is 4. The van der Waals surface area contributed by atoms with Crippen molar-refractivity contribution >= 4 is 23.6 Å². The molecule has 4 amide bonds. The molecule has 2 atom stereocenters. The summed E-state index contributed by atoms with van der Waals surface area (Å²) >= 11 is 0. The smallest absolute Gasteiger partial charge is 0.241 e. The number of amides is 4. The summed E-state index contributed by atoms with van der Waals surface area (Å²) in [6.07, 6.45) is 2.85. The van der Waals surface area contributed by atoms with Crippen molar-refractivity contribution in [2.45, 2.75) is 82.8 Å². The molecule has 7 nitrogen and oxygen atoms in total. The lowest BCUT2D eigenvalue weighted by Crippen LogP contribution is -2.49. The number of carbonyl (C=O) groups excluding carboxylic acids is 4. The Morgan fingerprint density at radius 3 is 2.48 bits per heavy atom. The van der Waals surface area contributed by atoms with Crippen LogP contribution in [0.2, 0.25) is 0 Å². The zero-order chi connectivity index (χ0) is 22.3. The van der Waals surface area contributed by atoms with Gasteiger partial charge in [0.2, 0.25) is 23.6 Å². The SMILES string of the molecule is Cc1ccccc1[C@]1(CC(=O)N(C[C@@H]2CCC(=O)N2)C(C)C)CC(=O)N(C2CC2)C1=O. The second-order valence-corrected chi connectivity index (χ2v) is 9.49. The molecule has 3 aliphatic rings. The number of hydrogen-bond donors (Lipinski definition) is 1. The Balaban J connectivity index is 1.65. The number of aryl methyl sites for hydroxylation is 1. The van der Waals surface area contributed by atoms with Crippen LogP contribution >= 0.6 is 0 Å². The van der Waals surface area contributed by atoms with E-state index in [1.807, 2.05) is 45.0 Å². The maximum atomic E-state index is 13.7. The maximum absolute atomic E-state index is 13.7. The van der Waals surface area contributed by atoms with Crippen molar-refractivity contribution in [3.63, 3.8) is 0 Å². The van der Waals surface area contributed by atoms with E-state index in [-0.39, 0.29) is 54.6 Å². The molecule has 2 heterocycles. The Morgan fingerprint density at radius 1 is 1.19 bits per heavy atom. The molecule has 7 heteroatoms. The molecular weight excluding hydrogens is 394 g/mol. The molecule has 0 unspecified atom stereocenters. The molecule has 2 aliphatic heterocycles. The van der Waals surface area contributed by atoms with Crippen LogP contribution in [0.5, 0.6) is 0 Å². The molecule has 1 aromatic carbocycles. The molecule has 1 aromatic rings. The van der Waals surface area contributed by atoms with Crippen LogP contribution in [0.15, 0.2) is 24.3 Å². The Labute approximate surface area is 183 Å². The molecule has 1 N–H and O–H groups in total. The minimum Gasteiger partial charge on any atom is -0.352 e. The van der Waals surface area contributed by atoms with Gasteiger partial charge in [-0.1, -0.05) is 24.3 Å². The maximum Gasteiger partial charge on any atom is 0.241 e. The fourth-order valence-corrected chi connectivity index (χ4v) is 5.03. The monoisotopic (exact) mass is 425 g/mol. The fourth-order valence-electron chi connectivity index (χ4n) is 5.03. The van der Waals surface area contributed by atoms with Gasteiger partial charge in [-0.3, -0.25) is 24.1 Å². The molecule has 0 aromatic heterocycles. The van der Waals surface area contributed by atoms with E-state index in [4.69, 9.17) is 0 Å². The van der Waals surface area contributed by atoms with Crippen LogP contribution in [-0.2, 0) is 24.6 Å². The number of rotatable bonds is 7. The van der Waals surface area contributed by atoms with E-state index in [9.17, 15) is 19.2 Å². The molecule has 31 heavy (non-hydrogen) atoms. The molecule has 0 bridgehead atoms. The van der Waals surface area contributed by atoms with Gasteiger partial charge in [0.15, 0.2) is 0 Å². The third-order valence-corrected chi connectivity index (χ3v) is 6.82. The Hall–Kier alpha value is -2.70. The topological polar surface area (TPSA) is 86.8 Å². The van der Waals surface area contributed by atoms with Crippen LogP contribution in [0.3, 0.4) is 0 Å². The van der Waals surface area contributed by atoms with Crippen molar-refractivity contribution in [3.05, 3.63) is 35.4 Å². The van der Waals surface area contributed by atoms with Gasteiger partial charge < -0.3 is 10.2 Å². The first-order chi connectivity index (χ1) is 14.7. The average Bonchev–Trinajstić information content (AvgIpc) is 3.40.